The second-order valence-corrected chi connectivity index (χ2v) is 3.58. The first-order valence-corrected chi connectivity index (χ1v) is 4.03. The molecule has 0 saturated heterocycles. The zero-order valence-electron chi connectivity index (χ0n) is 4.75. The van der Waals surface area contributed by atoms with Gasteiger partial charge in [0.1, 0.15) is 0 Å². The first-order chi connectivity index (χ1) is 3.79. The van der Waals surface area contributed by atoms with Crippen LogP contribution in [0.2, 0.25) is 0 Å². The molecule has 2 heteroatoms. The Kier molecular flexibility index (Phi) is 2.57. The molecule has 1 aliphatic carbocycles. The minimum atomic E-state index is 0.506. The van der Waals surface area contributed by atoms with Gasteiger partial charge in [-0.2, -0.15) is 25.3 Å². The number of thiol groups is 2. The van der Waals surface area contributed by atoms with E-state index in [1.807, 2.05) is 0 Å². The summed E-state index contributed by atoms with van der Waals surface area (Å²) in [6, 6.07) is 0. The van der Waals surface area contributed by atoms with Crippen LogP contribution in [0.1, 0.15) is 19.3 Å². The Hall–Kier alpha value is 0.700. The molecular formula is C6H11S2. The van der Waals surface area contributed by atoms with Crippen molar-refractivity contribution in [1.29, 1.82) is 0 Å². The van der Waals surface area contributed by atoms with Crippen LogP contribution in [0.3, 0.4) is 0 Å². The maximum absolute atomic E-state index is 4.32. The van der Waals surface area contributed by atoms with Crippen LogP contribution in [-0.4, -0.2) is 10.5 Å². The van der Waals surface area contributed by atoms with Crippen LogP contribution in [0.15, 0.2) is 0 Å². The molecule has 0 amide bonds. The van der Waals surface area contributed by atoms with Crippen LogP contribution in [0.5, 0.6) is 0 Å². The van der Waals surface area contributed by atoms with E-state index in [0.29, 0.717) is 10.5 Å². The Morgan fingerprint density at radius 3 is 1.88 bits per heavy atom. The van der Waals surface area contributed by atoms with Gasteiger partial charge in [-0.1, -0.05) is 6.42 Å². The topological polar surface area (TPSA) is 0 Å². The van der Waals surface area contributed by atoms with Gasteiger partial charge in [0.25, 0.3) is 0 Å². The summed E-state index contributed by atoms with van der Waals surface area (Å²) in [5, 5.41) is 1.01. The number of rotatable bonds is 0. The van der Waals surface area contributed by atoms with Gasteiger partial charge in [0.05, 0.1) is 0 Å². The normalized spacial score (nSPS) is 39.8. The van der Waals surface area contributed by atoms with Gasteiger partial charge in [-0.25, -0.2) is 0 Å². The second-order valence-electron chi connectivity index (χ2n) is 2.26. The smallest absolute Gasteiger partial charge is 0.00590 e. The third-order valence-electron chi connectivity index (χ3n) is 1.44. The predicted molar refractivity (Wildman–Crippen MR) is 43.7 cm³/mol. The van der Waals surface area contributed by atoms with Crippen LogP contribution in [0.25, 0.3) is 0 Å². The monoisotopic (exact) mass is 147 g/mol. The average molecular weight is 147 g/mol. The van der Waals surface area contributed by atoms with Crippen molar-refractivity contribution < 1.29 is 0 Å². The van der Waals surface area contributed by atoms with Crippen LogP contribution < -0.4 is 0 Å². The Balaban J connectivity index is 2.23. The zero-order valence-corrected chi connectivity index (χ0v) is 6.54. The lowest BCUT2D eigenvalue weighted by molar-refractivity contribution is 0.617. The third kappa shape index (κ3) is 1.90. The molecule has 0 N–H and O–H groups in total. The van der Waals surface area contributed by atoms with Gasteiger partial charge in [-0.3, -0.25) is 0 Å². The van der Waals surface area contributed by atoms with Gasteiger partial charge in [-0.15, -0.1) is 0 Å². The van der Waals surface area contributed by atoms with E-state index in [0.717, 1.165) is 0 Å². The van der Waals surface area contributed by atoms with E-state index in [-0.39, 0.29) is 0 Å². The highest BCUT2D eigenvalue weighted by Gasteiger charge is 2.15. The molecule has 0 aromatic heterocycles. The van der Waals surface area contributed by atoms with E-state index >= 15 is 0 Å². The first-order valence-electron chi connectivity index (χ1n) is 3.00. The lowest BCUT2D eigenvalue weighted by atomic mass is 10.00. The molecule has 1 fully saturated rings. The molecule has 1 rings (SSSR count). The van der Waals surface area contributed by atoms with Crippen molar-refractivity contribution in [2.75, 3.05) is 0 Å². The lowest BCUT2D eigenvalue weighted by Crippen LogP contribution is -2.15. The molecule has 0 aromatic carbocycles. The van der Waals surface area contributed by atoms with Gasteiger partial charge in [0.15, 0.2) is 0 Å². The molecule has 1 aliphatic rings. The molecule has 0 spiro atoms. The Morgan fingerprint density at radius 2 is 1.62 bits per heavy atom. The van der Waals surface area contributed by atoms with Crippen LogP contribution in [-0.2, 0) is 0 Å². The molecule has 0 nitrogen and oxygen atoms in total. The molecule has 2 unspecified atom stereocenters. The van der Waals surface area contributed by atoms with Crippen molar-refractivity contribution >= 4 is 25.3 Å². The first kappa shape index (κ1) is 6.81. The van der Waals surface area contributed by atoms with Gasteiger partial charge in [-0.05, 0) is 19.3 Å². The average Bonchev–Trinajstić information content (AvgIpc) is 1.64. The Bertz CT molecular complexity index is 64.9. The zero-order chi connectivity index (χ0) is 5.98. The van der Waals surface area contributed by atoms with Crippen molar-refractivity contribution in [3.63, 3.8) is 0 Å². The summed E-state index contributed by atoms with van der Waals surface area (Å²) in [5.41, 5.74) is 0. The molecule has 0 aliphatic heterocycles. The summed E-state index contributed by atoms with van der Waals surface area (Å²) in [5.74, 6) is 0. The lowest BCUT2D eigenvalue weighted by Gasteiger charge is -2.21. The second kappa shape index (κ2) is 3.02. The third-order valence-corrected chi connectivity index (χ3v) is 2.30. The summed E-state index contributed by atoms with van der Waals surface area (Å²) in [6.07, 6.45) is 5.97. The minimum absolute atomic E-state index is 0.506. The van der Waals surface area contributed by atoms with Gasteiger partial charge < -0.3 is 0 Å². The molecule has 2 atom stereocenters. The largest absolute Gasteiger partial charge is 0.176 e. The summed E-state index contributed by atoms with van der Waals surface area (Å²) in [4.78, 5) is 0. The fraction of sp³-hybridized carbons (Fsp3) is 0.833. The highest BCUT2D eigenvalue weighted by Crippen LogP contribution is 2.24. The molecule has 0 aromatic rings. The van der Waals surface area contributed by atoms with Crippen molar-refractivity contribution in [1.82, 2.24) is 0 Å². The summed E-state index contributed by atoms with van der Waals surface area (Å²) in [7, 11) is 0. The van der Waals surface area contributed by atoms with Crippen LogP contribution in [0.4, 0.5) is 0 Å². The highest BCUT2D eigenvalue weighted by atomic mass is 32.1. The molecule has 1 saturated carbocycles. The van der Waals surface area contributed by atoms with Crippen molar-refractivity contribution in [2.45, 2.75) is 29.8 Å². The van der Waals surface area contributed by atoms with Gasteiger partial charge >= 0.3 is 0 Å². The summed E-state index contributed by atoms with van der Waals surface area (Å²) >= 11 is 8.63. The summed E-state index contributed by atoms with van der Waals surface area (Å²) in [6.45, 7) is 0. The summed E-state index contributed by atoms with van der Waals surface area (Å²) < 4.78 is 0. The molecule has 0 bridgehead atoms. The SMILES string of the molecule is SC1[CH]C(S)CCC1. The Morgan fingerprint density at radius 1 is 1.12 bits per heavy atom. The molecule has 8 heavy (non-hydrogen) atoms. The van der Waals surface area contributed by atoms with E-state index in [1.165, 1.54) is 19.3 Å². The van der Waals surface area contributed by atoms with E-state index in [1.54, 1.807) is 0 Å². The fourth-order valence-electron chi connectivity index (χ4n) is 0.985. The van der Waals surface area contributed by atoms with E-state index < -0.39 is 0 Å². The standard InChI is InChI=1S/C6H11S2/c7-5-2-1-3-6(8)4-5/h4-8H,1-3H2. The van der Waals surface area contributed by atoms with Crippen LogP contribution in [0, 0.1) is 6.42 Å². The van der Waals surface area contributed by atoms with Crippen molar-refractivity contribution in [3.8, 4) is 0 Å². The number of hydrogen-bond donors (Lipinski definition) is 2. The van der Waals surface area contributed by atoms with Gasteiger partial charge in [0, 0.05) is 10.5 Å². The van der Waals surface area contributed by atoms with E-state index in [2.05, 4.69) is 31.7 Å². The molecule has 47 valence electrons. The quantitative estimate of drug-likeness (QED) is 0.481. The molecule has 0 heterocycles. The van der Waals surface area contributed by atoms with E-state index in [4.69, 9.17) is 0 Å². The van der Waals surface area contributed by atoms with E-state index in [9.17, 15) is 0 Å². The Labute approximate surface area is 61.9 Å². The number of hydrogen-bond acceptors (Lipinski definition) is 2. The molecule has 1 radical (unpaired) electrons. The predicted octanol–water partition coefficient (Wildman–Crippen LogP) is 1.97. The maximum atomic E-state index is 4.32. The van der Waals surface area contributed by atoms with Crippen molar-refractivity contribution in [2.24, 2.45) is 0 Å². The van der Waals surface area contributed by atoms with Gasteiger partial charge in [0.2, 0.25) is 0 Å². The minimum Gasteiger partial charge on any atom is -0.176 e. The highest BCUT2D eigenvalue weighted by molar-refractivity contribution is 7.82. The maximum Gasteiger partial charge on any atom is 0.00590 e. The fourth-order valence-corrected chi connectivity index (χ4v) is 1.90. The van der Waals surface area contributed by atoms with Crippen molar-refractivity contribution in [3.05, 3.63) is 6.42 Å². The molecular weight excluding hydrogens is 136 g/mol. The van der Waals surface area contributed by atoms with Crippen LogP contribution >= 0.6 is 25.3 Å².